The second-order valence-corrected chi connectivity index (χ2v) is 11.1. The predicted octanol–water partition coefficient (Wildman–Crippen LogP) is 2.93. The summed E-state index contributed by atoms with van der Waals surface area (Å²) in [5.41, 5.74) is 0.666. The molecular formula is C20H26ClN7O3S. The molecule has 1 saturated carbocycles. The van der Waals surface area contributed by atoms with Gasteiger partial charge in [-0.05, 0) is 39.7 Å². The van der Waals surface area contributed by atoms with E-state index in [1.807, 2.05) is 37.7 Å². The zero-order chi connectivity index (χ0) is 23.0. The van der Waals surface area contributed by atoms with Crippen LogP contribution in [0.25, 0.3) is 11.5 Å². The van der Waals surface area contributed by atoms with Crippen molar-refractivity contribution in [1.29, 1.82) is 0 Å². The largest absolute Gasteiger partial charge is 0.366 e. The van der Waals surface area contributed by atoms with Crippen LogP contribution in [0.15, 0.2) is 24.7 Å². The number of sulfone groups is 1. The lowest BCUT2D eigenvalue weighted by Crippen LogP contribution is -2.32. The summed E-state index contributed by atoms with van der Waals surface area (Å²) in [4.78, 5) is 8.40. The van der Waals surface area contributed by atoms with E-state index in [-0.39, 0.29) is 23.7 Å². The third-order valence-corrected chi connectivity index (χ3v) is 7.49. The predicted molar refractivity (Wildman–Crippen MR) is 119 cm³/mol. The standard InChI is InChI=1S/C20H26ClN7O3S/c1-12(2)31-18(19-22-9-14(21)10-23-19)13(3)32(29,30)11-17-24-25-20(28(17)15-5-6-15)16-7-8-27(4)26-16/h7-10,12-13,15,18H,5-6,11H2,1-4H3/t13-,18+/m0/s1. The van der Waals surface area contributed by atoms with Crippen LogP contribution in [0.5, 0.6) is 0 Å². The van der Waals surface area contributed by atoms with Crippen molar-refractivity contribution in [3.63, 3.8) is 0 Å². The fourth-order valence-electron chi connectivity index (χ4n) is 3.49. The Morgan fingerprint density at radius 2 is 1.88 bits per heavy atom. The molecule has 0 aromatic carbocycles. The van der Waals surface area contributed by atoms with Crippen LogP contribution in [0.2, 0.25) is 5.02 Å². The summed E-state index contributed by atoms with van der Waals surface area (Å²) in [6, 6.07) is 2.03. The van der Waals surface area contributed by atoms with E-state index in [4.69, 9.17) is 16.3 Å². The SMILES string of the molecule is CC(C)O[C@@H](c1ncc(Cl)cn1)[C@H](C)S(=O)(=O)Cc1nnc(-c2ccn(C)n2)n1C1CC1. The van der Waals surface area contributed by atoms with Gasteiger partial charge in [0, 0.05) is 31.7 Å². The molecule has 3 heterocycles. The first-order valence-corrected chi connectivity index (χ1v) is 12.5. The van der Waals surface area contributed by atoms with E-state index in [1.165, 1.54) is 12.4 Å². The van der Waals surface area contributed by atoms with Gasteiger partial charge < -0.3 is 9.30 Å². The highest BCUT2D eigenvalue weighted by atomic mass is 35.5. The van der Waals surface area contributed by atoms with E-state index in [1.54, 1.807) is 11.6 Å². The average Bonchev–Trinajstić information content (AvgIpc) is 3.35. The minimum atomic E-state index is -3.70. The van der Waals surface area contributed by atoms with Crippen LogP contribution in [0.4, 0.5) is 0 Å². The van der Waals surface area contributed by atoms with Crippen LogP contribution in [0.3, 0.4) is 0 Å². The molecule has 10 nitrogen and oxygen atoms in total. The van der Waals surface area contributed by atoms with Gasteiger partial charge in [0.2, 0.25) is 0 Å². The van der Waals surface area contributed by atoms with Crippen molar-refractivity contribution in [1.82, 2.24) is 34.5 Å². The van der Waals surface area contributed by atoms with Crippen molar-refractivity contribution in [3.05, 3.63) is 41.3 Å². The van der Waals surface area contributed by atoms with E-state index in [0.717, 1.165) is 12.8 Å². The molecule has 12 heteroatoms. The van der Waals surface area contributed by atoms with Crippen molar-refractivity contribution < 1.29 is 13.2 Å². The van der Waals surface area contributed by atoms with Gasteiger partial charge in [-0.1, -0.05) is 11.6 Å². The molecule has 0 spiro atoms. The molecule has 0 bridgehead atoms. The van der Waals surface area contributed by atoms with Crippen LogP contribution in [0, 0.1) is 0 Å². The lowest BCUT2D eigenvalue weighted by molar-refractivity contribution is 0.00143. The van der Waals surface area contributed by atoms with Crippen LogP contribution < -0.4 is 0 Å². The Hall–Kier alpha value is -2.37. The highest BCUT2D eigenvalue weighted by molar-refractivity contribution is 7.91. The summed E-state index contributed by atoms with van der Waals surface area (Å²) in [6.07, 6.45) is 5.54. The van der Waals surface area contributed by atoms with Crippen LogP contribution >= 0.6 is 11.6 Å². The van der Waals surface area contributed by atoms with Crippen molar-refractivity contribution in [2.24, 2.45) is 7.05 Å². The van der Waals surface area contributed by atoms with Crippen LogP contribution in [0.1, 0.15) is 57.4 Å². The molecule has 0 aliphatic heterocycles. The molecule has 1 aliphatic carbocycles. The molecule has 32 heavy (non-hydrogen) atoms. The van der Waals surface area contributed by atoms with Gasteiger partial charge in [-0.25, -0.2) is 18.4 Å². The fourth-order valence-corrected chi connectivity index (χ4v) is 4.97. The minimum Gasteiger partial charge on any atom is -0.366 e. The van der Waals surface area contributed by atoms with E-state index in [9.17, 15) is 8.42 Å². The van der Waals surface area contributed by atoms with Crippen molar-refractivity contribution in [2.75, 3.05) is 0 Å². The number of hydrogen-bond acceptors (Lipinski definition) is 8. The minimum absolute atomic E-state index is 0.185. The van der Waals surface area contributed by atoms with Crippen molar-refractivity contribution in [2.45, 2.75) is 62.9 Å². The number of ether oxygens (including phenoxy) is 1. The number of aromatic nitrogens is 7. The van der Waals surface area contributed by atoms with Crippen molar-refractivity contribution >= 4 is 21.4 Å². The summed E-state index contributed by atoms with van der Waals surface area (Å²) < 4.78 is 36.4. The first kappa shape index (κ1) is 22.8. The smallest absolute Gasteiger partial charge is 0.184 e. The first-order chi connectivity index (χ1) is 15.2. The van der Waals surface area contributed by atoms with Crippen LogP contribution in [-0.2, 0) is 27.4 Å². The third-order valence-electron chi connectivity index (χ3n) is 5.26. The summed E-state index contributed by atoms with van der Waals surface area (Å²) in [5.74, 6) is 0.995. The van der Waals surface area contributed by atoms with Crippen LogP contribution in [-0.4, -0.2) is 54.3 Å². The van der Waals surface area contributed by atoms with Gasteiger partial charge in [-0.15, -0.1) is 10.2 Å². The maximum absolute atomic E-state index is 13.4. The molecule has 3 aromatic heterocycles. The summed E-state index contributed by atoms with van der Waals surface area (Å²) in [6.45, 7) is 5.29. The molecule has 0 radical (unpaired) electrons. The zero-order valence-electron chi connectivity index (χ0n) is 18.4. The Labute approximate surface area is 191 Å². The summed E-state index contributed by atoms with van der Waals surface area (Å²) in [5, 5.41) is 12.4. The highest BCUT2D eigenvalue weighted by Crippen LogP contribution is 2.39. The maximum atomic E-state index is 13.4. The monoisotopic (exact) mass is 479 g/mol. The molecule has 172 valence electrons. The highest BCUT2D eigenvalue weighted by Gasteiger charge is 2.37. The molecule has 1 aliphatic rings. The van der Waals surface area contributed by atoms with E-state index < -0.39 is 21.2 Å². The molecule has 2 atom stereocenters. The number of halogens is 1. The number of nitrogens with zero attached hydrogens (tertiary/aromatic N) is 7. The van der Waals surface area contributed by atoms with Gasteiger partial charge in [-0.3, -0.25) is 4.68 Å². The molecule has 3 aromatic rings. The number of rotatable bonds is 9. The quantitative estimate of drug-likeness (QED) is 0.459. The van der Waals surface area contributed by atoms with Gasteiger partial charge >= 0.3 is 0 Å². The van der Waals surface area contributed by atoms with Gasteiger partial charge in [0.25, 0.3) is 0 Å². The number of aryl methyl sites for hydroxylation is 1. The average molecular weight is 480 g/mol. The lowest BCUT2D eigenvalue weighted by atomic mass is 10.2. The summed E-state index contributed by atoms with van der Waals surface area (Å²) in [7, 11) is -1.87. The molecule has 0 unspecified atom stereocenters. The van der Waals surface area contributed by atoms with Crippen molar-refractivity contribution in [3.8, 4) is 11.5 Å². The molecule has 4 rings (SSSR count). The summed E-state index contributed by atoms with van der Waals surface area (Å²) >= 11 is 5.90. The molecule has 0 N–H and O–H groups in total. The first-order valence-electron chi connectivity index (χ1n) is 10.4. The topological polar surface area (TPSA) is 118 Å². The Bertz CT molecular complexity index is 1190. The Morgan fingerprint density at radius 1 is 1.19 bits per heavy atom. The van der Waals surface area contributed by atoms with Gasteiger partial charge in [-0.2, -0.15) is 5.10 Å². The zero-order valence-corrected chi connectivity index (χ0v) is 20.0. The second kappa shape index (κ2) is 8.87. The van der Waals surface area contributed by atoms with E-state index in [2.05, 4.69) is 25.3 Å². The molecule has 1 fully saturated rings. The molecular weight excluding hydrogens is 454 g/mol. The fraction of sp³-hybridized carbons (Fsp3) is 0.550. The van der Waals surface area contributed by atoms with E-state index >= 15 is 0 Å². The van der Waals surface area contributed by atoms with E-state index in [0.29, 0.717) is 22.4 Å². The van der Waals surface area contributed by atoms with Gasteiger partial charge in [0.1, 0.15) is 23.4 Å². The Balaban J connectivity index is 1.64. The molecule has 0 saturated heterocycles. The third kappa shape index (κ3) is 4.84. The maximum Gasteiger partial charge on any atom is 0.184 e. The Morgan fingerprint density at radius 3 is 2.44 bits per heavy atom. The second-order valence-electron chi connectivity index (χ2n) is 8.29. The molecule has 0 amide bonds. The normalized spacial score (nSPS) is 16.4. The lowest BCUT2D eigenvalue weighted by Gasteiger charge is -2.25. The van der Waals surface area contributed by atoms with Gasteiger partial charge in [0.15, 0.2) is 21.5 Å². The number of hydrogen-bond donors (Lipinski definition) is 0. The van der Waals surface area contributed by atoms with Gasteiger partial charge in [0.05, 0.1) is 16.4 Å². The Kier molecular flexibility index (Phi) is 6.33.